The second-order valence-corrected chi connectivity index (χ2v) is 6.99. The maximum Gasteiger partial charge on any atom is 0.311 e. The first-order chi connectivity index (χ1) is 10.7. The molecule has 0 aliphatic heterocycles. The molecule has 0 spiro atoms. The first kappa shape index (κ1) is 17.0. The number of nitrogens with zero attached hydrogens (tertiary/aromatic N) is 1. The second kappa shape index (κ2) is 6.41. The van der Waals surface area contributed by atoms with Gasteiger partial charge in [-0.15, -0.1) is 0 Å². The molecule has 0 saturated heterocycles. The maximum absolute atomic E-state index is 11.2. The van der Waals surface area contributed by atoms with E-state index in [1.54, 1.807) is 18.2 Å². The summed E-state index contributed by atoms with van der Waals surface area (Å²) in [7, 11) is 0. The fourth-order valence-corrected chi connectivity index (χ4v) is 2.41. The highest BCUT2D eigenvalue weighted by atomic mass is 16.6. The zero-order valence-electron chi connectivity index (χ0n) is 14.3. The van der Waals surface area contributed by atoms with Crippen LogP contribution < -0.4 is 4.74 Å². The summed E-state index contributed by atoms with van der Waals surface area (Å²) in [5.41, 5.74) is 2.03. The topological polar surface area (TPSA) is 52.4 Å². The van der Waals surface area contributed by atoms with Gasteiger partial charge >= 0.3 is 5.69 Å². The summed E-state index contributed by atoms with van der Waals surface area (Å²) in [4.78, 5) is 10.8. The fourth-order valence-electron chi connectivity index (χ4n) is 2.41. The van der Waals surface area contributed by atoms with E-state index < -0.39 is 4.92 Å². The molecule has 2 aromatic carbocycles. The predicted octanol–water partition coefficient (Wildman–Crippen LogP) is 5.81. The molecule has 0 fully saturated rings. The third kappa shape index (κ3) is 3.89. The molecule has 2 rings (SSSR count). The van der Waals surface area contributed by atoms with Gasteiger partial charge in [-0.2, -0.15) is 0 Å². The Kier molecular flexibility index (Phi) is 4.73. The summed E-state index contributed by atoms with van der Waals surface area (Å²) >= 11 is 0. The van der Waals surface area contributed by atoms with E-state index in [2.05, 4.69) is 46.8 Å². The Morgan fingerprint density at radius 1 is 1.04 bits per heavy atom. The summed E-state index contributed by atoms with van der Waals surface area (Å²) in [5.74, 6) is 1.30. The molecule has 0 aromatic heterocycles. The van der Waals surface area contributed by atoms with Crippen molar-refractivity contribution in [1.29, 1.82) is 0 Å². The van der Waals surface area contributed by atoms with Crippen molar-refractivity contribution in [2.75, 3.05) is 0 Å². The van der Waals surface area contributed by atoms with Gasteiger partial charge in [-0.05, 0) is 29.0 Å². The Balaban J connectivity index is 2.54. The van der Waals surface area contributed by atoms with E-state index in [4.69, 9.17) is 4.74 Å². The summed E-state index contributed by atoms with van der Waals surface area (Å²) in [5, 5.41) is 11.2. The van der Waals surface area contributed by atoms with Crippen molar-refractivity contribution in [3.63, 3.8) is 0 Å². The van der Waals surface area contributed by atoms with Gasteiger partial charge in [0, 0.05) is 11.6 Å². The van der Waals surface area contributed by atoms with Crippen LogP contribution in [0.4, 0.5) is 5.69 Å². The molecular formula is C19H23NO3. The number of hydrogen-bond donors (Lipinski definition) is 0. The Morgan fingerprint density at radius 2 is 1.70 bits per heavy atom. The lowest BCUT2D eigenvalue weighted by Crippen LogP contribution is -2.13. The van der Waals surface area contributed by atoms with Crippen LogP contribution in [0.3, 0.4) is 0 Å². The number of rotatable bonds is 4. The normalized spacial score (nSPS) is 11.6. The van der Waals surface area contributed by atoms with Gasteiger partial charge in [0.05, 0.1) is 4.92 Å². The minimum absolute atomic E-state index is 0.0256. The molecule has 0 bridgehead atoms. The highest BCUT2D eigenvalue weighted by Crippen LogP contribution is 2.38. The summed E-state index contributed by atoms with van der Waals surface area (Å²) in [6.45, 7) is 10.5. The van der Waals surface area contributed by atoms with Crippen LogP contribution in [0.5, 0.6) is 11.5 Å². The van der Waals surface area contributed by atoms with E-state index >= 15 is 0 Å². The SMILES string of the molecule is CC(C)c1ccc(C(C)(C)C)c(Oc2ccccc2[N+](=O)[O-])c1. The Labute approximate surface area is 137 Å². The average Bonchev–Trinajstić information content (AvgIpc) is 2.46. The van der Waals surface area contributed by atoms with Crippen LogP contribution in [-0.2, 0) is 5.41 Å². The monoisotopic (exact) mass is 313 g/mol. The molecular weight excluding hydrogens is 290 g/mol. The molecule has 122 valence electrons. The minimum atomic E-state index is -0.418. The predicted molar refractivity (Wildman–Crippen MR) is 92.4 cm³/mol. The van der Waals surface area contributed by atoms with Gasteiger partial charge in [-0.3, -0.25) is 10.1 Å². The molecule has 0 amide bonds. The zero-order valence-corrected chi connectivity index (χ0v) is 14.3. The van der Waals surface area contributed by atoms with E-state index in [0.29, 0.717) is 11.7 Å². The Morgan fingerprint density at radius 3 is 2.26 bits per heavy atom. The van der Waals surface area contributed by atoms with Gasteiger partial charge in [0.1, 0.15) is 5.75 Å². The molecule has 4 nitrogen and oxygen atoms in total. The van der Waals surface area contributed by atoms with Crippen LogP contribution in [-0.4, -0.2) is 4.92 Å². The molecule has 23 heavy (non-hydrogen) atoms. The van der Waals surface area contributed by atoms with Gasteiger partial charge in [-0.25, -0.2) is 0 Å². The number of nitro groups is 1. The van der Waals surface area contributed by atoms with E-state index in [1.165, 1.54) is 6.07 Å². The summed E-state index contributed by atoms with van der Waals surface area (Å²) < 4.78 is 5.98. The highest BCUT2D eigenvalue weighted by molar-refractivity contribution is 5.51. The van der Waals surface area contributed by atoms with Gasteiger partial charge in [0.15, 0.2) is 0 Å². The number of hydrogen-bond acceptors (Lipinski definition) is 3. The quantitative estimate of drug-likeness (QED) is 0.529. The van der Waals surface area contributed by atoms with Crippen LogP contribution in [0.25, 0.3) is 0 Å². The van der Waals surface area contributed by atoms with Crippen molar-refractivity contribution in [2.45, 2.75) is 46.0 Å². The average molecular weight is 313 g/mol. The molecule has 0 unspecified atom stereocenters. The largest absolute Gasteiger partial charge is 0.450 e. The van der Waals surface area contributed by atoms with Gasteiger partial charge < -0.3 is 4.74 Å². The number of ether oxygens (including phenoxy) is 1. The van der Waals surface area contributed by atoms with Crippen molar-refractivity contribution < 1.29 is 9.66 Å². The van der Waals surface area contributed by atoms with E-state index in [-0.39, 0.29) is 16.9 Å². The van der Waals surface area contributed by atoms with E-state index in [0.717, 1.165) is 11.1 Å². The molecule has 4 heteroatoms. The highest BCUT2D eigenvalue weighted by Gasteiger charge is 2.22. The van der Waals surface area contributed by atoms with Crippen molar-refractivity contribution >= 4 is 5.69 Å². The van der Waals surface area contributed by atoms with Gasteiger partial charge in [-0.1, -0.05) is 58.9 Å². The number of benzene rings is 2. The zero-order chi connectivity index (χ0) is 17.2. The van der Waals surface area contributed by atoms with Gasteiger partial charge in [0.2, 0.25) is 5.75 Å². The molecule has 0 saturated carbocycles. The smallest absolute Gasteiger partial charge is 0.311 e. The molecule has 0 heterocycles. The lowest BCUT2D eigenvalue weighted by molar-refractivity contribution is -0.385. The number of para-hydroxylation sites is 2. The fraction of sp³-hybridized carbons (Fsp3) is 0.368. The Hall–Kier alpha value is -2.36. The van der Waals surface area contributed by atoms with Crippen molar-refractivity contribution in [3.8, 4) is 11.5 Å². The van der Waals surface area contributed by atoms with E-state index in [1.807, 2.05) is 6.07 Å². The van der Waals surface area contributed by atoms with Crippen LogP contribution in [0, 0.1) is 10.1 Å². The first-order valence-electron chi connectivity index (χ1n) is 7.76. The summed E-state index contributed by atoms with van der Waals surface area (Å²) in [6, 6.07) is 12.6. The molecule has 0 atom stereocenters. The molecule has 0 radical (unpaired) electrons. The van der Waals surface area contributed by atoms with Crippen LogP contribution in [0.2, 0.25) is 0 Å². The third-order valence-electron chi connectivity index (χ3n) is 3.76. The minimum Gasteiger partial charge on any atom is -0.450 e. The molecule has 0 aliphatic carbocycles. The maximum atomic E-state index is 11.2. The van der Waals surface area contributed by atoms with Crippen LogP contribution >= 0.6 is 0 Å². The van der Waals surface area contributed by atoms with Crippen LogP contribution in [0.15, 0.2) is 42.5 Å². The second-order valence-electron chi connectivity index (χ2n) is 6.99. The third-order valence-corrected chi connectivity index (χ3v) is 3.76. The van der Waals surface area contributed by atoms with Crippen molar-refractivity contribution in [1.82, 2.24) is 0 Å². The molecule has 0 N–H and O–H groups in total. The van der Waals surface area contributed by atoms with E-state index in [9.17, 15) is 10.1 Å². The first-order valence-corrected chi connectivity index (χ1v) is 7.76. The molecule has 0 aliphatic rings. The van der Waals surface area contributed by atoms with Crippen molar-refractivity contribution in [2.24, 2.45) is 0 Å². The molecule has 2 aromatic rings. The lowest BCUT2D eigenvalue weighted by atomic mass is 9.85. The lowest BCUT2D eigenvalue weighted by Gasteiger charge is -2.24. The number of nitro benzene ring substituents is 1. The van der Waals surface area contributed by atoms with Crippen molar-refractivity contribution in [3.05, 3.63) is 63.7 Å². The van der Waals surface area contributed by atoms with Gasteiger partial charge in [0.25, 0.3) is 0 Å². The standard InChI is InChI=1S/C19H23NO3/c1-13(2)14-10-11-15(19(3,4)5)18(12-14)23-17-9-7-6-8-16(17)20(21)22/h6-13H,1-5H3. The Bertz CT molecular complexity index is 715. The van der Waals surface area contributed by atoms with Crippen LogP contribution in [0.1, 0.15) is 51.7 Å². The summed E-state index contributed by atoms with van der Waals surface area (Å²) in [6.07, 6.45) is 0.